The molecule has 0 radical (unpaired) electrons. The van der Waals surface area contributed by atoms with Gasteiger partial charge in [0.1, 0.15) is 5.82 Å². The van der Waals surface area contributed by atoms with Crippen LogP contribution in [-0.4, -0.2) is 52.2 Å². The molecule has 2 N–H and O–H groups in total. The topological polar surface area (TPSA) is 73.9 Å². The number of hydrogen-bond donors (Lipinski definition) is 2. The van der Waals surface area contributed by atoms with Crippen molar-refractivity contribution >= 4 is 5.91 Å². The quantitative estimate of drug-likeness (QED) is 0.846. The molecule has 1 aromatic heterocycles. The lowest BCUT2D eigenvalue weighted by molar-refractivity contribution is 0.0927. The first-order valence-corrected chi connectivity index (χ1v) is 7.69. The number of H-pyrrole nitrogens is 1. The van der Waals surface area contributed by atoms with Crippen LogP contribution in [0.15, 0.2) is 0 Å². The molecular formula is C14H23N5O. The molecule has 1 aliphatic heterocycles. The van der Waals surface area contributed by atoms with Gasteiger partial charge in [-0.1, -0.05) is 6.92 Å². The van der Waals surface area contributed by atoms with Crippen LogP contribution in [0.3, 0.4) is 0 Å². The fraction of sp³-hybridized carbons (Fsp3) is 0.786. The molecule has 2 heterocycles. The average molecular weight is 277 g/mol. The SMILES string of the molecule is CCN1CCC(CNC(=O)c2n[nH]c(C3CC3)n2)CC1. The normalized spacial score (nSPS) is 21.1. The molecule has 0 unspecified atom stereocenters. The number of hydrogen-bond acceptors (Lipinski definition) is 4. The number of carbonyl (C=O) groups excluding carboxylic acids is 1. The van der Waals surface area contributed by atoms with Gasteiger partial charge in [0.25, 0.3) is 5.91 Å². The highest BCUT2D eigenvalue weighted by Crippen LogP contribution is 2.37. The van der Waals surface area contributed by atoms with Crippen molar-refractivity contribution in [3.8, 4) is 0 Å². The first kappa shape index (κ1) is 13.5. The molecule has 1 saturated carbocycles. The van der Waals surface area contributed by atoms with Crippen molar-refractivity contribution in [2.24, 2.45) is 5.92 Å². The highest BCUT2D eigenvalue weighted by molar-refractivity contribution is 5.90. The maximum atomic E-state index is 12.0. The Labute approximate surface area is 119 Å². The number of carbonyl (C=O) groups is 1. The third-order valence-corrected chi connectivity index (χ3v) is 4.38. The van der Waals surface area contributed by atoms with E-state index in [1.165, 1.54) is 0 Å². The second-order valence-corrected chi connectivity index (χ2v) is 5.91. The maximum absolute atomic E-state index is 12.0. The summed E-state index contributed by atoms with van der Waals surface area (Å²) in [6.07, 6.45) is 4.64. The Kier molecular flexibility index (Phi) is 4.00. The van der Waals surface area contributed by atoms with Gasteiger partial charge >= 0.3 is 0 Å². The van der Waals surface area contributed by atoms with Gasteiger partial charge in [-0.05, 0) is 51.2 Å². The van der Waals surface area contributed by atoms with Crippen LogP contribution < -0.4 is 5.32 Å². The summed E-state index contributed by atoms with van der Waals surface area (Å²) in [7, 11) is 0. The molecule has 110 valence electrons. The number of nitrogens with zero attached hydrogens (tertiary/aromatic N) is 3. The molecule has 2 fully saturated rings. The Morgan fingerprint density at radius 1 is 1.35 bits per heavy atom. The van der Waals surface area contributed by atoms with Gasteiger partial charge in [0.15, 0.2) is 0 Å². The lowest BCUT2D eigenvalue weighted by Crippen LogP contribution is -2.38. The largest absolute Gasteiger partial charge is 0.349 e. The summed E-state index contributed by atoms with van der Waals surface area (Å²) in [4.78, 5) is 18.7. The monoisotopic (exact) mass is 277 g/mol. The standard InChI is InChI=1S/C14H23N5O/c1-2-19-7-5-10(6-8-19)9-15-14(20)13-16-12(17-18-13)11-3-4-11/h10-11H,2-9H2,1H3,(H,15,20)(H,16,17,18). The molecule has 1 saturated heterocycles. The van der Waals surface area contributed by atoms with Crippen molar-refractivity contribution in [2.75, 3.05) is 26.2 Å². The van der Waals surface area contributed by atoms with Crippen molar-refractivity contribution in [2.45, 2.75) is 38.5 Å². The Morgan fingerprint density at radius 2 is 2.10 bits per heavy atom. The second-order valence-electron chi connectivity index (χ2n) is 5.91. The molecule has 1 amide bonds. The number of aromatic amines is 1. The predicted molar refractivity (Wildman–Crippen MR) is 75.5 cm³/mol. The summed E-state index contributed by atoms with van der Waals surface area (Å²) in [5, 5.41) is 9.85. The number of amides is 1. The van der Waals surface area contributed by atoms with Gasteiger partial charge in [-0.15, -0.1) is 5.10 Å². The summed E-state index contributed by atoms with van der Waals surface area (Å²) < 4.78 is 0. The third-order valence-electron chi connectivity index (χ3n) is 4.38. The van der Waals surface area contributed by atoms with Crippen molar-refractivity contribution in [3.63, 3.8) is 0 Å². The number of rotatable bonds is 5. The molecule has 1 aromatic rings. The van der Waals surface area contributed by atoms with Crippen molar-refractivity contribution in [3.05, 3.63) is 11.6 Å². The number of aromatic nitrogens is 3. The minimum absolute atomic E-state index is 0.147. The molecule has 20 heavy (non-hydrogen) atoms. The maximum Gasteiger partial charge on any atom is 0.290 e. The Morgan fingerprint density at radius 3 is 2.75 bits per heavy atom. The summed E-state index contributed by atoms with van der Waals surface area (Å²) in [5.41, 5.74) is 0. The first-order valence-electron chi connectivity index (χ1n) is 7.69. The van der Waals surface area contributed by atoms with Crippen molar-refractivity contribution < 1.29 is 4.79 Å². The molecule has 0 atom stereocenters. The van der Waals surface area contributed by atoms with Crippen molar-refractivity contribution in [1.29, 1.82) is 0 Å². The van der Waals surface area contributed by atoms with Crippen LogP contribution in [0.2, 0.25) is 0 Å². The van der Waals surface area contributed by atoms with Gasteiger partial charge < -0.3 is 10.2 Å². The van der Waals surface area contributed by atoms with E-state index in [1.807, 2.05) is 0 Å². The van der Waals surface area contributed by atoms with E-state index < -0.39 is 0 Å². The molecule has 6 nitrogen and oxygen atoms in total. The number of likely N-dealkylation sites (tertiary alicyclic amines) is 1. The molecule has 0 spiro atoms. The Hall–Kier alpha value is -1.43. The number of nitrogens with one attached hydrogen (secondary N) is 2. The van der Waals surface area contributed by atoms with Gasteiger partial charge in [0.05, 0.1) is 0 Å². The van der Waals surface area contributed by atoms with Crippen LogP contribution >= 0.6 is 0 Å². The van der Waals surface area contributed by atoms with Crippen LogP contribution in [-0.2, 0) is 0 Å². The van der Waals surface area contributed by atoms with E-state index >= 15 is 0 Å². The molecule has 1 aliphatic carbocycles. The first-order chi connectivity index (χ1) is 9.76. The Bertz CT molecular complexity index is 460. The van der Waals surface area contributed by atoms with E-state index in [2.05, 4.69) is 32.3 Å². The van der Waals surface area contributed by atoms with E-state index in [0.29, 0.717) is 11.8 Å². The van der Waals surface area contributed by atoms with Crippen LogP contribution in [0.1, 0.15) is 55.0 Å². The summed E-state index contributed by atoms with van der Waals surface area (Å²) >= 11 is 0. The molecule has 6 heteroatoms. The summed E-state index contributed by atoms with van der Waals surface area (Å²) in [5.74, 6) is 2.10. The fourth-order valence-electron chi connectivity index (χ4n) is 2.74. The van der Waals surface area contributed by atoms with Crippen LogP contribution in [0, 0.1) is 5.92 Å². The van der Waals surface area contributed by atoms with E-state index in [-0.39, 0.29) is 11.7 Å². The number of piperidine rings is 1. The molecular weight excluding hydrogens is 254 g/mol. The Balaban J connectivity index is 1.44. The van der Waals surface area contributed by atoms with E-state index in [9.17, 15) is 4.79 Å². The van der Waals surface area contributed by atoms with Gasteiger partial charge in [0, 0.05) is 12.5 Å². The van der Waals surface area contributed by atoms with Gasteiger partial charge in [0.2, 0.25) is 5.82 Å². The van der Waals surface area contributed by atoms with Crippen LogP contribution in [0.4, 0.5) is 0 Å². The highest BCUT2D eigenvalue weighted by Gasteiger charge is 2.28. The van der Waals surface area contributed by atoms with E-state index in [4.69, 9.17) is 0 Å². The van der Waals surface area contributed by atoms with Gasteiger partial charge in [-0.25, -0.2) is 4.98 Å². The van der Waals surface area contributed by atoms with E-state index in [1.54, 1.807) is 0 Å². The minimum Gasteiger partial charge on any atom is -0.349 e. The molecule has 2 aliphatic rings. The molecule has 0 aromatic carbocycles. The van der Waals surface area contributed by atoms with Gasteiger partial charge in [-0.2, -0.15) is 0 Å². The minimum atomic E-state index is -0.147. The average Bonchev–Trinajstić information content (AvgIpc) is 3.22. The smallest absolute Gasteiger partial charge is 0.290 e. The predicted octanol–water partition coefficient (Wildman–Crippen LogP) is 1.14. The second kappa shape index (κ2) is 5.91. The fourth-order valence-corrected chi connectivity index (χ4v) is 2.74. The van der Waals surface area contributed by atoms with Crippen LogP contribution in [0.25, 0.3) is 0 Å². The summed E-state index contributed by atoms with van der Waals surface area (Å²) in [6.45, 7) is 6.35. The zero-order valence-electron chi connectivity index (χ0n) is 12.1. The zero-order chi connectivity index (χ0) is 13.9. The van der Waals surface area contributed by atoms with Crippen molar-refractivity contribution in [1.82, 2.24) is 25.4 Å². The van der Waals surface area contributed by atoms with Gasteiger partial charge in [-0.3, -0.25) is 9.89 Å². The highest BCUT2D eigenvalue weighted by atomic mass is 16.2. The lowest BCUT2D eigenvalue weighted by atomic mass is 9.97. The van der Waals surface area contributed by atoms with Crippen LogP contribution in [0.5, 0.6) is 0 Å². The lowest BCUT2D eigenvalue weighted by Gasteiger charge is -2.30. The summed E-state index contributed by atoms with van der Waals surface area (Å²) in [6, 6.07) is 0. The van der Waals surface area contributed by atoms with E-state index in [0.717, 1.165) is 57.7 Å². The molecule has 0 bridgehead atoms. The third kappa shape index (κ3) is 3.17. The zero-order valence-corrected chi connectivity index (χ0v) is 12.1. The molecule has 3 rings (SSSR count).